The van der Waals surface area contributed by atoms with Gasteiger partial charge in [0.2, 0.25) is 0 Å². The minimum absolute atomic E-state index is 0.179. The van der Waals surface area contributed by atoms with E-state index in [1.807, 2.05) is 0 Å². The molecule has 0 aliphatic carbocycles. The molecule has 3 nitrogen and oxygen atoms in total. The van der Waals surface area contributed by atoms with Crippen LogP contribution in [0.15, 0.2) is 18.3 Å². The minimum Gasteiger partial charge on any atom is -0.392 e. The van der Waals surface area contributed by atoms with Crippen molar-refractivity contribution in [2.24, 2.45) is 0 Å². The van der Waals surface area contributed by atoms with Gasteiger partial charge in [-0.05, 0) is 19.1 Å². The molecule has 0 aromatic carbocycles. The van der Waals surface area contributed by atoms with Crippen LogP contribution in [-0.4, -0.2) is 22.7 Å². The molecule has 0 aliphatic heterocycles. The van der Waals surface area contributed by atoms with Gasteiger partial charge in [-0.1, -0.05) is 0 Å². The fraction of sp³-hybridized carbons (Fsp3) is 0.375. The van der Waals surface area contributed by atoms with Gasteiger partial charge >= 0.3 is 0 Å². The summed E-state index contributed by atoms with van der Waals surface area (Å²) in [4.78, 5) is 3.75. The van der Waals surface area contributed by atoms with Gasteiger partial charge in [-0.15, -0.1) is 0 Å². The van der Waals surface area contributed by atoms with Crippen molar-refractivity contribution >= 4 is 5.82 Å². The van der Waals surface area contributed by atoms with Crippen LogP contribution in [0, 0.1) is 5.82 Å². The largest absolute Gasteiger partial charge is 0.392 e. The van der Waals surface area contributed by atoms with Gasteiger partial charge in [-0.25, -0.2) is 9.37 Å². The molecule has 0 saturated heterocycles. The molecule has 0 bridgehead atoms. The molecule has 1 rings (SSSR count). The molecule has 1 heterocycles. The maximum atomic E-state index is 12.8. The molecule has 1 atom stereocenters. The van der Waals surface area contributed by atoms with Crippen molar-refractivity contribution in [3.8, 4) is 0 Å². The Morgan fingerprint density at radius 3 is 3.08 bits per heavy atom. The summed E-state index contributed by atoms with van der Waals surface area (Å²) < 4.78 is 12.8. The first-order valence-corrected chi connectivity index (χ1v) is 3.72. The average molecular weight is 170 g/mol. The van der Waals surface area contributed by atoms with Gasteiger partial charge in [-0.3, -0.25) is 0 Å². The lowest BCUT2D eigenvalue weighted by Gasteiger charge is -2.07. The number of anilines is 1. The predicted molar refractivity (Wildman–Crippen MR) is 44.4 cm³/mol. The second-order valence-electron chi connectivity index (χ2n) is 2.56. The molecule has 4 heteroatoms. The van der Waals surface area contributed by atoms with Gasteiger partial charge in [0.05, 0.1) is 6.10 Å². The Kier molecular flexibility index (Phi) is 2.99. The van der Waals surface area contributed by atoms with E-state index in [0.29, 0.717) is 6.54 Å². The fourth-order valence-electron chi connectivity index (χ4n) is 0.760. The Morgan fingerprint density at radius 1 is 1.75 bits per heavy atom. The summed E-state index contributed by atoms with van der Waals surface area (Å²) in [6.45, 7) is 1.92. The standard InChI is InChI=1S/C8H11FN2O/c1-6(12)5-11-8-7(9)3-2-4-10-8/h2-4,6,12H,5H2,1H3,(H,10,11). The van der Waals surface area contributed by atoms with Gasteiger partial charge in [0.15, 0.2) is 11.6 Å². The molecule has 0 spiro atoms. The van der Waals surface area contributed by atoms with Crippen molar-refractivity contribution in [1.29, 1.82) is 0 Å². The van der Waals surface area contributed by atoms with Crippen LogP contribution in [0.2, 0.25) is 0 Å². The van der Waals surface area contributed by atoms with Crippen molar-refractivity contribution in [2.75, 3.05) is 11.9 Å². The fourth-order valence-corrected chi connectivity index (χ4v) is 0.760. The Morgan fingerprint density at radius 2 is 2.50 bits per heavy atom. The van der Waals surface area contributed by atoms with Crippen LogP contribution < -0.4 is 5.32 Å². The number of hydrogen-bond acceptors (Lipinski definition) is 3. The highest BCUT2D eigenvalue weighted by Gasteiger charge is 2.01. The number of aromatic nitrogens is 1. The Bertz CT molecular complexity index is 253. The van der Waals surface area contributed by atoms with Gasteiger partial charge in [0.25, 0.3) is 0 Å². The van der Waals surface area contributed by atoms with Crippen molar-refractivity contribution < 1.29 is 9.50 Å². The van der Waals surface area contributed by atoms with Crippen LogP contribution in [0.4, 0.5) is 10.2 Å². The summed E-state index contributed by atoms with van der Waals surface area (Å²) in [5.74, 6) is -0.225. The van der Waals surface area contributed by atoms with E-state index in [-0.39, 0.29) is 5.82 Å². The zero-order valence-corrected chi connectivity index (χ0v) is 6.79. The molecule has 66 valence electrons. The summed E-state index contributed by atoms with van der Waals surface area (Å²) in [6, 6.07) is 2.83. The number of nitrogens with one attached hydrogen (secondary N) is 1. The van der Waals surface area contributed by atoms with Crippen LogP contribution in [0.1, 0.15) is 6.92 Å². The van der Waals surface area contributed by atoms with Crippen LogP contribution in [-0.2, 0) is 0 Å². The average Bonchev–Trinajstić information content (AvgIpc) is 2.03. The van der Waals surface area contributed by atoms with Crippen LogP contribution in [0.25, 0.3) is 0 Å². The van der Waals surface area contributed by atoms with Crippen molar-refractivity contribution in [1.82, 2.24) is 4.98 Å². The number of hydrogen-bond donors (Lipinski definition) is 2. The van der Waals surface area contributed by atoms with Gasteiger partial charge < -0.3 is 10.4 Å². The molecule has 12 heavy (non-hydrogen) atoms. The molecule has 0 saturated carbocycles. The lowest BCUT2D eigenvalue weighted by atomic mass is 10.4. The molecule has 1 aromatic rings. The maximum Gasteiger partial charge on any atom is 0.165 e. The molecule has 0 fully saturated rings. The van der Waals surface area contributed by atoms with Crippen LogP contribution >= 0.6 is 0 Å². The van der Waals surface area contributed by atoms with Crippen LogP contribution in [0.3, 0.4) is 0 Å². The lowest BCUT2D eigenvalue weighted by molar-refractivity contribution is 0.208. The summed E-state index contributed by atoms with van der Waals surface area (Å²) in [6.07, 6.45) is 0.986. The zero-order chi connectivity index (χ0) is 8.97. The molecule has 2 N–H and O–H groups in total. The number of rotatable bonds is 3. The first-order valence-electron chi connectivity index (χ1n) is 3.72. The number of pyridine rings is 1. The first-order chi connectivity index (χ1) is 5.70. The van der Waals surface area contributed by atoms with E-state index in [1.165, 1.54) is 18.3 Å². The third-order valence-electron chi connectivity index (χ3n) is 1.32. The van der Waals surface area contributed by atoms with Crippen LogP contribution in [0.5, 0.6) is 0 Å². The molecule has 1 unspecified atom stereocenters. The molecular weight excluding hydrogens is 159 g/mol. The lowest BCUT2D eigenvalue weighted by Crippen LogP contribution is -2.16. The second-order valence-corrected chi connectivity index (χ2v) is 2.56. The Labute approximate surface area is 70.3 Å². The second kappa shape index (κ2) is 4.01. The molecule has 0 aliphatic rings. The van der Waals surface area contributed by atoms with E-state index in [1.54, 1.807) is 6.92 Å². The Balaban J connectivity index is 2.57. The maximum absolute atomic E-state index is 12.8. The third-order valence-corrected chi connectivity index (χ3v) is 1.32. The highest BCUT2D eigenvalue weighted by atomic mass is 19.1. The zero-order valence-electron chi connectivity index (χ0n) is 6.79. The predicted octanol–water partition coefficient (Wildman–Crippen LogP) is 1.01. The summed E-state index contributed by atoms with van der Waals surface area (Å²) in [5, 5.41) is 11.6. The number of aliphatic hydroxyl groups is 1. The van der Waals surface area contributed by atoms with Gasteiger partial charge in [-0.2, -0.15) is 0 Å². The number of nitrogens with zero attached hydrogens (tertiary/aromatic N) is 1. The van der Waals surface area contributed by atoms with E-state index in [2.05, 4.69) is 10.3 Å². The van der Waals surface area contributed by atoms with E-state index >= 15 is 0 Å². The number of halogens is 1. The molecule has 0 amide bonds. The summed E-state index contributed by atoms with van der Waals surface area (Å²) in [7, 11) is 0. The normalized spacial score (nSPS) is 12.6. The SMILES string of the molecule is CC(O)CNc1ncccc1F. The molecular formula is C8H11FN2O. The van der Waals surface area contributed by atoms with E-state index in [0.717, 1.165) is 0 Å². The van der Waals surface area contributed by atoms with Gasteiger partial charge in [0, 0.05) is 12.7 Å². The highest BCUT2D eigenvalue weighted by molar-refractivity contribution is 5.35. The smallest absolute Gasteiger partial charge is 0.165 e. The topological polar surface area (TPSA) is 45.1 Å². The summed E-state index contributed by atoms with van der Waals surface area (Å²) >= 11 is 0. The molecule has 1 aromatic heterocycles. The minimum atomic E-state index is -0.508. The van der Waals surface area contributed by atoms with E-state index in [4.69, 9.17) is 5.11 Å². The van der Waals surface area contributed by atoms with E-state index in [9.17, 15) is 4.39 Å². The number of aliphatic hydroxyl groups excluding tert-OH is 1. The Hall–Kier alpha value is -1.16. The van der Waals surface area contributed by atoms with E-state index < -0.39 is 11.9 Å². The van der Waals surface area contributed by atoms with Crippen molar-refractivity contribution in [3.63, 3.8) is 0 Å². The van der Waals surface area contributed by atoms with Crippen molar-refractivity contribution in [2.45, 2.75) is 13.0 Å². The first kappa shape index (κ1) is 8.93. The molecule has 0 radical (unpaired) electrons. The quantitative estimate of drug-likeness (QED) is 0.711. The van der Waals surface area contributed by atoms with Crippen molar-refractivity contribution in [3.05, 3.63) is 24.1 Å². The highest BCUT2D eigenvalue weighted by Crippen LogP contribution is 2.07. The van der Waals surface area contributed by atoms with Gasteiger partial charge in [0.1, 0.15) is 0 Å². The third kappa shape index (κ3) is 2.47. The monoisotopic (exact) mass is 170 g/mol. The summed E-state index contributed by atoms with van der Waals surface area (Å²) in [5.41, 5.74) is 0.